The Morgan fingerprint density at radius 1 is 1.25 bits per heavy atom. The third kappa shape index (κ3) is 3.54. The number of hydrogen-bond acceptors (Lipinski definition) is 2. The van der Waals surface area contributed by atoms with Crippen LogP contribution in [0, 0.1) is 6.92 Å². The van der Waals surface area contributed by atoms with E-state index >= 15 is 0 Å². The van der Waals surface area contributed by atoms with Crippen molar-refractivity contribution in [2.45, 2.75) is 20.0 Å². The fourth-order valence-electron chi connectivity index (χ4n) is 2.09. The van der Waals surface area contributed by atoms with Gasteiger partial charge in [0, 0.05) is 9.50 Å². The Labute approximate surface area is 132 Å². The van der Waals surface area contributed by atoms with Crippen LogP contribution in [0.15, 0.2) is 40.9 Å². The van der Waals surface area contributed by atoms with Gasteiger partial charge >= 0.3 is 0 Å². The summed E-state index contributed by atoms with van der Waals surface area (Å²) in [7, 11) is 0. The van der Waals surface area contributed by atoms with Gasteiger partial charge in [-0.1, -0.05) is 39.7 Å². The molecule has 1 unspecified atom stereocenters. The fourth-order valence-corrected chi connectivity index (χ4v) is 2.96. The van der Waals surface area contributed by atoms with E-state index in [-0.39, 0.29) is 0 Å². The summed E-state index contributed by atoms with van der Waals surface area (Å²) in [6.45, 7) is 4.50. The van der Waals surface area contributed by atoms with Gasteiger partial charge in [-0.3, -0.25) is 0 Å². The molecule has 2 aromatic carbocycles. The number of aliphatic hydroxyl groups is 1. The van der Waals surface area contributed by atoms with Gasteiger partial charge < -0.3 is 9.84 Å². The SMILES string of the molecule is CCOc1ccc(C(O)c2cc(C)cc(Cl)c2)c(Br)c1. The second-order valence-corrected chi connectivity index (χ2v) is 5.87. The summed E-state index contributed by atoms with van der Waals surface area (Å²) >= 11 is 9.52. The molecular weight excluding hydrogens is 340 g/mol. The zero-order valence-electron chi connectivity index (χ0n) is 11.4. The molecule has 0 bridgehead atoms. The quantitative estimate of drug-likeness (QED) is 0.846. The smallest absolute Gasteiger partial charge is 0.120 e. The van der Waals surface area contributed by atoms with Crippen LogP contribution < -0.4 is 4.74 Å². The maximum atomic E-state index is 10.5. The standard InChI is InChI=1S/C16H16BrClO2/c1-3-20-13-4-5-14(15(17)9-13)16(19)11-6-10(2)7-12(18)8-11/h4-9,16,19H,3H2,1-2H3. The Balaban J connectivity index is 2.35. The molecule has 0 spiro atoms. The molecule has 0 saturated carbocycles. The Morgan fingerprint density at radius 3 is 2.60 bits per heavy atom. The van der Waals surface area contributed by atoms with Gasteiger partial charge in [-0.2, -0.15) is 0 Å². The number of hydrogen-bond donors (Lipinski definition) is 1. The molecular formula is C16H16BrClO2. The first kappa shape index (κ1) is 15.4. The van der Waals surface area contributed by atoms with Crippen molar-refractivity contribution in [3.8, 4) is 5.75 Å². The Bertz CT molecular complexity index is 593. The minimum Gasteiger partial charge on any atom is -0.494 e. The molecule has 1 N–H and O–H groups in total. The van der Waals surface area contributed by atoms with Crippen LogP contribution in [0.1, 0.15) is 29.7 Å². The van der Waals surface area contributed by atoms with Crippen molar-refractivity contribution < 1.29 is 9.84 Å². The Hall–Kier alpha value is -1.03. The van der Waals surface area contributed by atoms with Crippen LogP contribution in [0.25, 0.3) is 0 Å². The zero-order chi connectivity index (χ0) is 14.7. The van der Waals surface area contributed by atoms with Gasteiger partial charge in [-0.15, -0.1) is 0 Å². The number of aryl methyl sites for hydroxylation is 1. The zero-order valence-corrected chi connectivity index (χ0v) is 13.7. The predicted molar refractivity (Wildman–Crippen MR) is 85.6 cm³/mol. The molecule has 0 radical (unpaired) electrons. The average Bonchev–Trinajstić information content (AvgIpc) is 2.37. The predicted octanol–water partition coefficient (Wildman–Crippen LogP) is 4.89. The van der Waals surface area contributed by atoms with E-state index in [4.69, 9.17) is 16.3 Å². The third-order valence-corrected chi connectivity index (χ3v) is 3.86. The Kier molecular flexibility index (Phi) is 5.08. The first-order valence-corrected chi connectivity index (χ1v) is 7.55. The van der Waals surface area contributed by atoms with E-state index in [2.05, 4.69) is 15.9 Å². The normalized spacial score (nSPS) is 12.2. The summed E-state index contributed by atoms with van der Waals surface area (Å²) in [5.74, 6) is 0.776. The van der Waals surface area contributed by atoms with Crippen LogP contribution in [0.4, 0.5) is 0 Å². The molecule has 2 nitrogen and oxygen atoms in total. The highest BCUT2D eigenvalue weighted by molar-refractivity contribution is 9.10. The second kappa shape index (κ2) is 6.61. The topological polar surface area (TPSA) is 29.5 Å². The molecule has 4 heteroatoms. The van der Waals surface area contributed by atoms with Gasteiger partial charge in [0.05, 0.1) is 6.61 Å². The fraction of sp³-hybridized carbons (Fsp3) is 0.250. The van der Waals surface area contributed by atoms with Gasteiger partial charge in [0.25, 0.3) is 0 Å². The first-order valence-electron chi connectivity index (χ1n) is 6.38. The van der Waals surface area contributed by atoms with Gasteiger partial charge in [-0.05, 0) is 54.8 Å². The van der Waals surface area contributed by atoms with E-state index in [1.807, 2.05) is 44.2 Å². The van der Waals surface area contributed by atoms with Crippen LogP contribution in [0.3, 0.4) is 0 Å². The van der Waals surface area contributed by atoms with Gasteiger partial charge in [0.15, 0.2) is 0 Å². The minimum atomic E-state index is -0.725. The van der Waals surface area contributed by atoms with Crippen molar-refractivity contribution in [3.63, 3.8) is 0 Å². The lowest BCUT2D eigenvalue weighted by molar-refractivity contribution is 0.219. The maximum Gasteiger partial charge on any atom is 0.120 e. The summed E-state index contributed by atoms with van der Waals surface area (Å²) in [5.41, 5.74) is 2.59. The summed E-state index contributed by atoms with van der Waals surface area (Å²) in [6, 6.07) is 11.1. The van der Waals surface area contributed by atoms with E-state index in [9.17, 15) is 5.11 Å². The number of ether oxygens (including phenoxy) is 1. The molecule has 0 aliphatic rings. The van der Waals surface area contributed by atoms with E-state index in [0.29, 0.717) is 11.6 Å². The van der Waals surface area contributed by atoms with Gasteiger partial charge in [0.2, 0.25) is 0 Å². The number of aliphatic hydroxyl groups excluding tert-OH is 1. The third-order valence-electron chi connectivity index (χ3n) is 2.96. The van der Waals surface area contributed by atoms with Crippen molar-refractivity contribution in [1.82, 2.24) is 0 Å². The molecule has 2 rings (SSSR count). The highest BCUT2D eigenvalue weighted by atomic mass is 79.9. The molecule has 1 atom stereocenters. The lowest BCUT2D eigenvalue weighted by Gasteiger charge is -2.15. The number of rotatable bonds is 4. The Morgan fingerprint density at radius 2 is 2.00 bits per heavy atom. The first-order chi connectivity index (χ1) is 9.51. The average molecular weight is 356 g/mol. The lowest BCUT2D eigenvalue weighted by Crippen LogP contribution is -2.02. The highest BCUT2D eigenvalue weighted by Gasteiger charge is 2.15. The molecule has 20 heavy (non-hydrogen) atoms. The van der Waals surface area contributed by atoms with Gasteiger partial charge in [-0.25, -0.2) is 0 Å². The van der Waals surface area contributed by atoms with Crippen molar-refractivity contribution in [1.29, 1.82) is 0 Å². The molecule has 0 aliphatic heterocycles. The second-order valence-electron chi connectivity index (χ2n) is 4.58. The van der Waals surface area contributed by atoms with Gasteiger partial charge in [0.1, 0.15) is 11.9 Å². The number of benzene rings is 2. The van der Waals surface area contributed by atoms with Crippen LogP contribution in [-0.4, -0.2) is 11.7 Å². The summed E-state index contributed by atoms with van der Waals surface area (Å²) in [4.78, 5) is 0. The van der Waals surface area contributed by atoms with E-state index in [1.54, 1.807) is 6.07 Å². The molecule has 0 aromatic heterocycles. The molecule has 106 valence electrons. The maximum absolute atomic E-state index is 10.5. The van der Waals surface area contributed by atoms with Crippen LogP contribution in [0.5, 0.6) is 5.75 Å². The van der Waals surface area contributed by atoms with E-state index in [1.165, 1.54) is 0 Å². The molecule has 2 aromatic rings. The van der Waals surface area contributed by atoms with E-state index in [0.717, 1.165) is 26.9 Å². The largest absolute Gasteiger partial charge is 0.494 e. The molecule has 0 saturated heterocycles. The number of halogens is 2. The van der Waals surface area contributed by atoms with Crippen molar-refractivity contribution >= 4 is 27.5 Å². The van der Waals surface area contributed by atoms with Crippen molar-refractivity contribution in [2.75, 3.05) is 6.61 Å². The molecule has 0 fully saturated rings. The van der Waals surface area contributed by atoms with Crippen LogP contribution in [0.2, 0.25) is 5.02 Å². The summed E-state index contributed by atoms with van der Waals surface area (Å²) in [5, 5.41) is 11.1. The van der Waals surface area contributed by atoms with Crippen LogP contribution >= 0.6 is 27.5 Å². The highest BCUT2D eigenvalue weighted by Crippen LogP contribution is 2.32. The van der Waals surface area contributed by atoms with Crippen molar-refractivity contribution in [3.05, 3.63) is 62.6 Å². The molecule has 0 amide bonds. The minimum absolute atomic E-state index is 0.613. The monoisotopic (exact) mass is 354 g/mol. The van der Waals surface area contributed by atoms with E-state index < -0.39 is 6.10 Å². The summed E-state index contributed by atoms with van der Waals surface area (Å²) in [6.07, 6.45) is -0.725. The van der Waals surface area contributed by atoms with Crippen molar-refractivity contribution in [2.24, 2.45) is 0 Å². The lowest BCUT2D eigenvalue weighted by atomic mass is 10.00. The molecule has 0 aliphatic carbocycles. The molecule has 0 heterocycles. The van der Waals surface area contributed by atoms with Crippen LogP contribution in [-0.2, 0) is 0 Å². The summed E-state index contributed by atoms with van der Waals surface area (Å²) < 4.78 is 6.25.